The first-order valence-electron chi connectivity index (χ1n) is 9.50. The SMILES string of the molecule is Cc1ccn2cc(CN3C[C@@H]4CC[C@H](C3)N(Cc3cscn3)C4=O)nc2c1. The Bertz CT molecular complexity index is 966. The average Bonchev–Trinajstić information content (AvgIpc) is 3.21. The fourth-order valence-corrected chi connectivity index (χ4v) is 4.95. The van der Waals surface area contributed by atoms with Gasteiger partial charge in [0, 0.05) is 43.4 Å². The van der Waals surface area contributed by atoms with Gasteiger partial charge >= 0.3 is 0 Å². The van der Waals surface area contributed by atoms with Crippen molar-refractivity contribution in [2.45, 2.75) is 38.9 Å². The van der Waals surface area contributed by atoms with Gasteiger partial charge in [0.25, 0.3) is 0 Å². The van der Waals surface area contributed by atoms with E-state index in [0.29, 0.717) is 12.5 Å². The van der Waals surface area contributed by atoms with Gasteiger partial charge < -0.3 is 9.30 Å². The van der Waals surface area contributed by atoms with E-state index in [1.54, 1.807) is 11.3 Å². The zero-order chi connectivity index (χ0) is 18.4. The van der Waals surface area contributed by atoms with Crippen LogP contribution in [0.25, 0.3) is 5.65 Å². The first kappa shape index (κ1) is 16.9. The number of piperidine rings is 1. The molecule has 0 aliphatic carbocycles. The van der Waals surface area contributed by atoms with Crippen molar-refractivity contribution in [2.75, 3.05) is 13.1 Å². The molecule has 140 valence electrons. The minimum absolute atomic E-state index is 0.0988. The maximum absolute atomic E-state index is 13.0. The van der Waals surface area contributed by atoms with E-state index in [2.05, 4.69) is 50.6 Å². The van der Waals surface area contributed by atoms with Gasteiger partial charge in [-0.2, -0.15) is 0 Å². The van der Waals surface area contributed by atoms with Crippen LogP contribution in [0.5, 0.6) is 0 Å². The summed E-state index contributed by atoms with van der Waals surface area (Å²) < 4.78 is 2.08. The van der Waals surface area contributed by atoms with Gasteiger partial charge in [0.2, 0.25) is 5.91 Å². The third-order valence-electron chi connectivity index (χ3n) is 5.74. The topological polar surface area (TPSA) is 53.7 Å². The molecular weight excluding hydrogens is 358 g/mol. The second kappa shape index (κ2) is 6.73. The van der Waals surface area contributed by atoms with Crippen molar-refractivity contribution >= 4 is 22.9 Å². The molecule has 1 amide bonds. The molecule has 27 heavy (non-hydrogen) atoms. The number of carbonyl (C=O) groups is 1. The van der Waals surface area contributed by atoms with Crippen molar-refractivity contribution in [1.29, 1.82) is 0 Å². The predicted molar refractivity (Wildman–Crippen MR) is 104 cm³/mol. The second-order valence-electron chi connectivity index (χ2n) is 7.77. The van der Waals surface area contributed by atoms with Gasteiger partial charge in [0.1, 0.15) is 5.65 Å². The highest BCUT2D eigenvalue weighted by Crippen LogP contribution is 2.31. The standard InChI is InChI=1S/C20H23N5OS/c1-14-4-5-24-9-16(22-19(24)6-14)8-23-7-15-2-3-18(11-23)25(20(15)26)10-17-12-27-13-21-17/h4-6,9,12-13,15,18H,2-3,7-8,10-11H2,1H3/t15-,18+/m0/s1. The molecule has 3 aromatic heterocycles. The molecule has 3 saturated heterocycles. The van der Waals surface area contributed by atoms with E-state index < -0.39 is 0 Å². The van der Waals surface area contributed by atoms with Crippen LogP contribution < -0.4 is 0 Å². The molecule has 6 nitrogen and oxygen atoms in total. The number of aromatic nitrogens is 3. The van der Waals surface area contributed by atoms with E-state index in [4.69, 9.17) is 4.98 Å². The zero-order valence-electron chi connectivity index (χ0n) is 15.4. The number of imidazole rings is 1. The largest absolute Gasteiger partial charge is 0.332 e. The summed E-state index contributed by atoms with van der Waals surface area (Å²) in [4.78, 5) is 26.6. The van der Waals surface area contributed by atoms with Crippen molar-refractivity contribution in [2.24, 2.45) is 5.92 Å². The lowest BCUT2D eigenvalue weighted by atomic mass is 9.94. The molecule has 7 heteroatoms. The van der Waals surface area contributed by atoms with Gasteiger partial charge in [-0.05, 0) is 37.5 Å². The molecule has 0 N–H and O–H groups in total. The number of aryl methyl sites for hydroxylation is 1. The number of nitrogens with zero attached hydrogens (tertiary/aromatic N) is 5. The molecule has 6 rings (SSSR count). The molecule has 3 fully saturated rings. The summed E-state index contributed by atoms with van der Waals surface area (Å²) in [6.07, 6.45) is 6.25. The monoisotopic (exact) mass is 381 g/mol. The van der Waals surface area contributed by atoms with E-state index >= 15 is 0 Å². The van der Waals surface area contributed by atoms with Crippen LogP contribution in [0.3, 0.4) is 0 Å². The van der Waals surface area contributed by atoms with Gasteiger partial charge in [-0.15, -0.1) is 11.3 Å². The van der Waals surface area contributed by atoms with Crippen molar-refractivity contribution in [3.63, 3.8) is 0 Å². The fraction of sp³-hybridized carbons (Fsp3) is 0.450. The normalized spacial score (nSPS) is 23.3. The molecule has 0 unspecified atom stereocenters. The minimum atomic E-state index is 0.0988. The summed E-state index contributed by atoms with van der Waals surface area (Å²) in [5.41, 5.74) is 6.12. The summed E-state index contributed by atoms with van der Waals surface area (Å²) >= 11 is 1.59. The number of hydrogen-bond acceptors (Lipinski definition) is 5. The fourth-order valence-electron chi connectivity index (χ4n) is 4.40. The first-order valence-corrected chi connectivity index (χ1v) is 10.4. The molecule has 6 heterocycles. The van der Waals surface area contributed by atoms with Gasteiger partial charge in [0.15, 0.2) is 0 Å². The smallest absolute Gasteiger partial charge is 0.227 e. The van der Waals surface area contributed by atoms with E-state index in [0.717, 1.165) is 49.5 Å². The minimum Gasteiger partial charge on any atom is -0.332 e. The van der Waals surface area contributed by atoms with Crippen molar-refractivity contribution in [3.8, 4) is 0 Å². The lowest BCUT2D eigenvalue weighted by Gasteiger charge is -2.35. The van der Waals surface area contributed by atoms with E-state index in [9.17, 15) is 4.79 Å². The number of thiazole rings is 1. The van der Waals surface area contributed by atoms with Gasteiger partial charge in [-0.3, -0.25) is 9.69 Å². The first-order chi connectivity index (χ1) is 13.2. The zero-order valence-corrected chi connectivity index (χ0v) is 16.2. The number of amides is 1. The highest BCUT2D eigenvalue weighted by molar-refractivity contribution is 7.07. The third kappa shape index (κ3) is 3.26. The molecule has 2 bridgehead atoms. The molecule has 0 saturated carbocycles. The average molecular weight is 382 g/mol. The number of rotatable bonds is 4. The Morgan fingerprint density at radius 2 is 2.15 bits per heavy atom. The van der Waals surface area contributed by atoms with Crippen LogP contribution >= 0.6 is 11.3 Å². The molecular formula is C20H23N5OS. The maximum Gasteiger partial charge on any atom is 0.227 e. The molecule has 0 spiro atoms. The Morgan fingerprint density at radius 1 is 1.22 bits per heavy atom. The second-order valence-corrected chi connectivity index (χ2v) is 8.49. The highest BCUT2D eigenvalue weighted by Gasteiger charge is 2.40. The highest BCUT2D eigenvalue weighted by atomic mass is 32.1. The Morgan fingerprint density at radius 3 is 3.00 bits per heavy atom. The lowest BCUT2D eigenvalue weighted by Crippen LogP contribution is -2.47. The number of hydrogen-bond donors (Lipinski definition) is 0. The number of carbonyl (C=O) groups excluding carboxylic acids is 1. The van der Waals surface area contributed by atoms with E-state index in [1.165, 1.54) is 5.56 Å². The van der Waals surface area contributed by atoms with E-state index in [1.807, 2.05) is 10.9 Å². The van der Waals surface area contributed by atoms with Crippen molar-refractivity contribution in [1.82, 2.24) is 24.2 Å². The molecule has 3 aliphatic heterocycles. The lowest BCUT2D eigenvalue weighted by molar-refractivity contribution is -0.140. The van der Waals surface area contributed by atoms with Crippen LogP contribution in [0.4, 0.5) is 0 Å². The Labute approximate surface area is 162 Å². The van der Waals surface area contributed by atoms with Crippen molar-refractivity contribution in [3.05, 3.63) is 52.4 Å². The summed E-state index contributed by atoms with van der Waals surface area (Å²) in [5, 5.41) is 2.04. The van der Waals surface area contributed by atoms with Gasteiger partial charge in [-0.1, -0.05) is 0 Å². The molecule has 0 radical (unpaired) electrons. The quantitative estimate of drug-likeness (QED) is 0.697. The Balaban J connectivity index is 1.35. The maximum atomic E-state index is 13.0. The third-order valence-corrected chi connectivity index (χ3v) is 6.37. The van der Waals surface area contributed by atoms with E-state index in [-0.39, 0.29) is 12.0 Å². The molecule has 0 aromatic carbocycles. The predicted octanol–water partition coefficient (Wildman–Crippen LogP) is 2.72. The summed E-state index contributed by atoms with van der Waals surface area (Å²) in [6, 6.07) is 4.48. The van der Waals surface area contributed by atoms with Gasteiger partial charge in [-0.25, -0.2) is 9.97 Å². The molecule has 2 atom stereocenters. The van der Waals surface area contributed by atoms with Crippen molar-refractivity contribution < 1.29 is 4.79 Å². The number of pyridine rings is 1. The van der Waals surface area contributed by atoms with Crippen LogP contribution in [-0.4, -0.2) is 49.2 Å². The van der Waals surface area contributed by atoms with Crippen LogP contribution in [0.1, 0.15) is 29.8 Å². The summed E-state index contributed by atoms with van der Waals surface area (Å²) in [5.74, 6) is 0.397. The van der Waals surface area contributed by atoms with Crippen LogP contribution in [0.2, 0.25) is 0 Å². The molecule has 3 aromatic rings. The summed E-state index contributed by atoms with van der Waals surface area (Å²) in [7, 11) is 0. The Kier molecular flexibility index (Phi) is 4.21. The van der Waals surface area contributed by atoms with Gasteiger partial charge in [0.05, 0.1) is 29.4 Å². The van der Waals surface area contributed by atoms with Crippen LogP contribution in [0.15, 0.2) is 35.4 Å². The van der Waals surface area contributed by atoms with Crippen LogP contribution in [0, 0.1) is 12.8 Å². The number of fused-ring (bicyclic) bond motifs is 5. The molecule has 3 aliphatic rings. The van der Waals surface area contributed by atoms with Crippen LogP contribution in [-0.2, 0) is 17.9 Å². The Hall–Kier alpha value is -2.25. The summed E-state index contributed by atoms with van der Waals surface area (Å²) in [6.45, 7) is 5.27.